The molecule has 0 bridgehead atoms. The van der Waals surface area contributed by atoms with Crippen molar-refractivity contribution in [2.75, 3.05) is 66.3 Å². The Bertz CT molecular complexity index is 589. The normalized spacial score (nSPS) is 15.5. The topological polar surface area (TPSA) is 67.4 Å². The summed E-state index contributed by atoms with van der Waals surface area (Å²) in [6, 6.07) is 8.20. The maximum atomic E-state index is 5.93. The summed E-state index contributed by atoms with van der Waals surface area (Å²) in [5.74, 6) is 2.35. The van der Waals surface area contributed by atoms with Crippen LogP contribution in [0.3, 0.4) is 0 Å². The van der Waals surface area contributed by atoms with Gasteiger partial charge in [0.2, 0.25) is 0 Å². The van der Waals surface area contributed by atoms with Crippen LogP contribution < -0.4 is 15.4 Å². The van der Waals surface area contributed by atoms with Crippen LogP contribution in [-0.2, 0) is 16.0 Å². The van der Waals surface area contributed by atoms with Gasteiger partial charge in [0.05, 0.1) is 19.8 Å². The monoisotopic (exact) mass is 406 g/mol. The largest absolute Gasteiger partial charge is 0.492 e. The summed E-state index contributed by atoms with van der Waals surface area (Å²) in [4.78, 5) is 6.64. The van der Waals surface area contributed by atoms with E-state index in [2.05, 4.69) is 46.5 Å². The highest BCUT2D eigenvalue weighted by atomic mass is 16.5. The van der Waals surface area contributed by atoms with Crippen LogP contribution >= 0.6 is 0 Å². The highest BCUT2D eigenvalue weighted by molar-refractivity contribution is 5.79. The number of ether oxygens (including phenoxy) is 3. The second kappa shape index (κ2) is 14.2. The van der Waals surface area contributed by atoms with Crippen molar-refractivity contribution in [3.05, 3.63) is 29.8 Å². The van der Waals surface area contributed by atoms with Crippen LogP contribution in [0.2, 0.25) is 0 Å². The van der Waals surface area contributed by atoms with Crippen molar-refractivity contribution in [2.24, 2.45) is 10.9 Å². The molecule has 1 aromatic carbocycles. The van der Waals surface area contributed by atoms with Crippen LogP contribution in [0.1, 0.15) is 25.8 Å². The van der Waals surface area contributed by atoms with Crippen molar-refractivity contribution in [1.82, 2.24) is 15.5 Å². The lowest BCUT2D eigenvalue weighted by molar-refractivity contribution is 0.0322. The average Bonchev–Trinajstić information content (AvgIpc) is 2.73. The summed E-state index contributed by atoms with van der Waals surface area (Å²) < 4.78 is 16.9. The van der Waals surface area contributed by atoms with Gasteiger partial charge in [0.25, 0.3) is 0 Å². The van der Waals surface area contributed by atoms with Crippen molar-refractivity contribution in [3.63, 3.8) is 0 Å². The number of morpholine rings is 1. The lowest BCUT2D eigenvalue weighted by Gasteiger charge is -2.26. The van der Waals surface area contributed by atoms with Crippen LogP contribution in [0.5, 0.6) is 5.75 Å². The molecule has 29 heavy (non-hydrogen) atoms. The van der Waals surface area contributed by atoms with E-state index in [1.54, 1.807) is 7.05 Å². The second-order valence-electron chi connectivity index (χ2n) is 7.60. The number of hydrogen-bond donors (Lipinski definition) is 2. The van der Waals surface area contributed by atoms with E-state index in [4.69, 9.17) is 14.2 Å². The molecule has 164 valence electrons. The molecule has 0 aromatic heterocycles. The molecule has 7 nitrogen and oxygen atoms in total. The minimum Gasteiger partial charge on any atom is -0.492 e. The Labute approximate surface area is 175 Å². The summed E-state index contributed by atoms with van der Waals surface area (Å²) in [6.07, 6.45) is 1.10. The van der Waals surface area contributed by atoms with Gasteiger partial charge >= 0.3 is 0 Å². The molecule has 0 spiro atoms. The van der Waals surface area contributed by atoms with Crippen molar-refractivity contribution >= 4 is 5.96 Å². The van der Waals surface area contributed by atoms with Gasteiger partial charge in [-0.15, -0.1) is 0 Å². The first kappa shape index (κ1) is 23.4. The number of nitrogens with one attached hydrogen (secondary N) is 2. The highest BCUT2D eigenvalue weighted by Gasteiger charge is 2.09. The Morgan fingerprint density at radius 1 is 1.17 bits per heavy atom. The van der Waals surface area contributed by atoms with Crippen LogP contribution in [0.4, 0.5) is 0 Å². The standard InChI is InChI=1S/C22H38N4O3/c1-19(2)7-12-27-13-8-24-22(23-3)25-18-20-5-4-6-21(17-20)29-16-11-26-9-14-28-15-10-26/h4-6,17,19H,7-16,18H2,1-3H3,(H2,23,24,25). The number of nitrogens with zero attached hydrogens (tertiary/aromatic N) is 2. The summed E-state index contributed by atoms with van der Waals surface area (Å²) in [5, 5.41) is 6.62. The molecule has 1 heterocycles. The molecule has 1 aliphatic rings. The zero-order valence-electron chi connectivity index (χ0n) is 18.3. The summed E-state index contributed by atoms with van der Waals surface area (Å²) in [6.45, 7) is 12.6. The van der Waals surface area contributed by atoms with E-state index in [0.717, 1.165) is 69.7 Å². The number of aliphatic imine (C=N–C) groups is 1. The fourth-order valence-corrected chi connectivity index (χ4v) is 2.93. The Morgan fingerprint density at radius 3 is 2.76 bits per heavy atom. The Balaban J connectivity index is 1.63. The molecule has 7 heteroatoms. The average molecular weight is 407 g/mol. The number of rotatable bonds is 12. The van der Waals surface area contributed by atoms with Gasteiger partial charge in [0.1, 0.15) is 12.4 Å². The van der Waals surface area contributed by atoms with E-state index in [-0.39, 0.29) is 0 Å². The zero-order valence-corrected chi connectivity index (χ0v) is 18.3. The number of benzene rings is 1. The van der Waals surface area contributed by atoms with Crippen LogP contribution in [0.15, 0.2) is 29.3 Å². The summed E-state index contributed by atoms with van der Waals surface area (Å²) in [5.41, 5.74) is 1.16. The molecule has 2 N–H and O–H groups in total. The van der Waals surface area contributed by atoms with Crippen molar-refractivity contribution < 1.29 is 14.2 Å². The predicted molar refractivity (Wildman–Crippen MR) is 118 cm³/mol. The molecule has 0 atom stereocenters. The van der Waals surface area contributed by atoms with E-state index in [1.807, 2.05) is 12.1 Å². The molecule has 0 saturated carbocycles. The number of hydrogen-bond acceptors (Lipinski definition) is 5. The lowest BCUT2D eigenvalue weighted by atomic mass is 10.1. The molecule has 0 aliphatic carbocycles. The minimum absolute atomic E-state index is 0.677. The first-order valence-corrected chi connectivity index (χ1v) is 10.7. The number of guanidine groups is 1. The molecule has 1 fully saturated rings. The smallest absolute Gasteiger partial charge is 0.191 e. The Hall–Kier alpha value is -1.83. The molecule has 1 aliphatic heterocycles. The molecule has 1 saturated heterocycles. The van der Waals surface area contributed by atoms with E-state index in [9.17, 15) is 0 Å². The lowest BCUT2D eigenvalue weighted by Crippen LogP contribution is -2.38. The highest BCUT2D eigenvalue weighted by Crippen LogP contribution is 2.13. The van der Waals surface area contributed by atoms with Gasteiger partial charge < -0.3 is 24.8 Å². The fourth-order valence-electron chi connectivity index (χ4n) is 2.93. The van der Waals surface area contributed by atoms with Crippen molar-refractivity contribution in [1.29, 1.82) is 0 Å². The predicted octanol–water partition coefficient (Wildman–Crippen LogP) is 2.13. The third-order valence-electron chi connectivity index (χ3n) is 4.74. The maximum absolute atomic E-state index is 5.93. The van der Waals surface area contributed by atoms with Gasteiger partial charge in [-0.1, -0.05) is 26.0 Å². The molecular formula is C22H38N4O3. The SMILES string of the molecule is CN=C(NCCOCCC(C)C)NCc1cccc(OCCN2CCOCC2)c1. The van der Waals surface area contributed by atoms with E-state index in [1.165, 1.54) is 0 Å². The minimum atomic E-state index is 0.677. The quantitative estimate of drug-likeness (QED) is 0.315. The van der Waals surface area contributed by atoms with Gasteiger partial charge in [-0.3, -0.25) is 9.89 Å². The van der Waals surface area contributed by atoms with Crippen molar-refractivity contribution in [3.8, 4) is 5.75 Å². The Kier molecular flexibility index (Phi) is 11.5. The van der Waals surface area contributed by atoms with Gasteiger partial charge in [0.15, 0.2) is 5.96 Å². The maximum Gasteiger partial charge on any atom is 0.191 e. The molecule has 0 amide bonds. The molecule has 0 unspecified atom stereocenters. The van der Waals surface area contributed by atoms with Crippen LogP contribution in [0.25, 0.3) is 0 Å². The van der Waals surface area contributed by atoms with Crippen LogP contribution in [-0.4, -0.2) is 77.1 Å². The molecular weight excluding hydrogens is 368 g/mol. The van der Waals surface area contributed by atoms with Crippen LogP contribution in [0, 0.1) is 5.92 Å². The molecule has 2 rings (SSSR count). The van der Waals surface area contributed by atoms with E-state index >= 15 is 0 Å². The van der Waals surface area contributed by atoms with Gasteiger partial charge in [-0.05, 0) is 30.0 Å². The first-order chi connectivity index (χ1) is 14.2. The van der Waals surface area contributed by atoms with Gasteiger partial charge in [-0.25, -0.2) is 0 Å². The van der Waals surface area contributed by atoms with Crippen molar-refractivity contribution in [2.45, 2.75) is 26.8 Å². The van der Waals surface area contributed by atoms with E-state index < -0.39 is 0 Å². The van der Waals surface area contributed by atoms with E-state index in [0.29, 0.717) is 25.7 Å². The summed E-state index contributed by atoms with van der Waals surface area (Å²) in [7, 11) is 1.78. The first-order valence-electron chi connectivity index (χ1n) is 10.7. The second-order valence-corrected chi connectivity index (χ2v) is 7.60. The fraction of sp³-hybridized carbons (Fsp3) is 0.682. The zero-order chi connectivity index (χ0) is 20.7. The molecule has 1 aromatic rings. The summed E-state index contributed by atoms with van der Waals surface area (Å²) >= 11 is 0. The van der Waals surface area contributed by atoms with Gasteiger partial charge in [0, 0.05) is 46.4 Å². The third kappa shape index (κ3) is 10.5. The molecule has 0 radical (unpaired) electrons. The Morgan fingerprint density at radius 2 is 2.00 bits per heavy atom. The van der Waals surface area contributed by atoms with Gasteiger partial charge in [-0.2, -0.15) is 0 Å². The third-order valence-corrected chi connectivity index (χ3v) is 4.74.